The Hall–Kier alpha value is -1.89. The highest BCUT2D eigenvalue weighted by molar-refractivity contribution is 5.75. The standard InChI is InChI=1S/C7H5NO.N2/c1-2-4-7-6(3-1)5-8-9-7;1-2/h1-5H;. The quantitative estimate of drug-likeness (QED) is 0.533. The summed E-state index contributed by atoms with van der Waals surface area (Å²) in [6, 6.07) is 7.74. The number of para-hydroxylation sites is 1. The van der Waals surface area contributed by atoms with E-state index in [-0.39, 0.29) is 0 Å². The highest BCUT2D eigenvalue weighted by Gasteiger charge is 1.91. The number of hydrogen-bond donors (Lipinski definition) is 0. The van der Waals surface area contributed by atoms with Gasteiger partial charge in [0.05, 0.1) is 6.20 Å². The van der Waals surface area contributed by atoms with E-state index < -0.39 is 0 Å². The van der Waals surface area contributed by atoms with Crippen molar-refractivity contribution in [3.8, 4) is 0 Å². The fourth-order valence-corrected chi connectivity index (χ4v) is 0.810. The van der Waals surface area contributed by atoms with Gasteiger partial charge in [0.15, 0.2) is 5.58 Å². The summed E-state index contributed by atoms with van der Waals surface area (Å²) in [5.41, 5.74) is 0.845. The molecule has 11 heavy (non-hydrogen) atoms. The molecule has 1 aromatic heterocycles. The Morgan fingerprint density at radius 2 is 1.91 bits per heavy atom. The van der Waals surface area contributed by atoms with Crippen LogP contribution < -0.4 is 0 Å². The van der Waals surface area contributed by atoms with Crippen molar-refractivity contribution in [2.24, 2.45) is 0 Å². The summed E-state index contributed by atoms with van der Waals surface area (Å²) < 4.78 is 4.87. The Bertz CT molecular complexity index is 322. The lowest BCUT2D eigenvalue weighted by molar-refractivity contribution is 0.456. The zero-order chi connectivity index (χ0) is 8.10. The third kappa shape index (κ3) is 1.33. The van der Waals surface area contributed by atoms with E-state index in [9.17, 15) is 0 Å². The topological polar surface area (TPSA) is 73.6 Å². The summed E-state index contributed by atoms with van der Waals surface area (Å²) in [6.07, 6.45) is 1.70. The number of rotatable bonds is 0. The van der Waals surface area contributed by atoms with Crippen LogP contribution in [0.25, 0.3) is 11.0 Å². The highest BCUT2D eigenvalue weighted by atomic mass is 16.5. The second-order valence-corrected chi connectivity index (χ2v) is 1.86. The molecule has 0 aliphatic heterocycles. The van der Waals surface area contributed by atoms with Crippen molar-refractivity contribution >= 4 is 11.0 Å². The Morgan fingerprint density at radius 1 is 1.18 bits per heavy atom. The molecule has 0 radical (unpaired) electrons. The molecule has 0 N–H and O–H groups in total. The van der Waals surface area contributed by atoms with E-state index in [2.05, 4.69) is 5.16 Å². The van der Waals surface area contributed by atoms with Crippen LogP contribution in [0.5, 0.6) is 0 Å². The molecule has 0 saturated heterocycles. The minimum atomic E-state index is 0.845. The van der Waals surface area contributed by atoms with Gasteiger partial charge >= 0.3 is 0 Å². The van der Waals surface area contributed by atoms with Gasteiger partial charge in [-0.25, -0.2) is 0 Å². The van der Waals surface area contributed by atoms with Crippen LogP contribution >= 0.6 is 0 Å². The zero-order valence-corrected chi connectivity index (χ0v) is 5.64. The smallest absolute Gasteiger partial charge is 0.166 e. The SMILES string of the molecule is N#N.c1ccc2oncc2c1. The van der Waals surface area contributed by atoms with E-state index in [0.29, 0.717) is 0 Å². The van der Waals surface area contributed by atoms with Crippen LogP contribution in [0.15, 0.2) is 35.0 Å². The molecule has 4 heteroatoms. The molecule has 0 bridgehead atoms. The third-order valence-electron chi connectivity index (χ3n) is 1.26. The number of fused-ring (bicyclic) bond motifs is 1. The summed E-state index contributed by atoms with van der Waals surface area (Å²) in [7, 11) is 0. The number of nitrogens with zero attached hydrogens (tertiary/aromatic N) is 3. The molecule has 0 unspecified atom stereocenters. The Kier molecular flexibility index (Phi) is 2.18. The van der Waals surface area contributed by atoms with Gasteiger partial charge in [-0.3, -0.25) is 0 Å². The van der Waals surface area contributed by atoms with Crippen molar-refractivity contribution < 1.29 is 4.52 Å². The van der Waals surface area contributed by atoms with Gasteiger partial charge in [-0.15, -0.1) is 0 Å². The van der Waals surface area contributed by atoms with Crippen molar-refractivity contribution in [1.29, 1.82) is 10.8 Å². The molecule has 0 aliphatic carbocycles. The van der Waals surface area contributed by atoms with Gasteiger partial charge < -0.3 is 4.52 Å². The average molecular weight is 147 g/mol. The van der Waals surface area contributed by atoms with Crippen molar-refractivity contribution in [3.05, 3.63) is 30.5 Å². The fourth-order valence-electron chi connectivity index (χ4n) is 0.810. The Morgan fingerprint density at radius 3 is 2.64 bits per heavy atom. The van der Waals surface area contributed by atoms with Crippen LogP contribution in [0.1, 0.15) is 0 Å². The largest absolute Gasteiger partial charge is 0.356 e. The van der Waals surface area contributed by atoms with Gasteiger partial charge in [0.1, 0.15) is 0 Å². The maximum atomic E-state index is 6.00. The average Bonchev–Trinajstić information content (AvgIpc) is 2.55. The lowest BCUT2D eigenvalue weighted by atomic mass is 10.3. The van der Waals surface area contributed by atoms with E-state index in [1.165, 1.54) is 0 Å². The van der Waals surface area contributed by atoms with Crippen LogP contribution in [0.3, 0.4) is 0 Å². The third-order valence-corrected chi connectivity index (χ3v) is 1.26. The molecule has 0 fully saturated rings. The first kappa shape index (κ1) is 7.22. The summed E-state index contributed by atoms with van der Waals surface area (Å²) in [5, 5.41) is 16.7. The van der Waals surface area contributed by atoms with E-state index in [4.69, 9.17) is 15.3 Å². The first-order chi connectivity index (χ1) is 5.47. The fraction of sp³-hybridized carbons (Fsp3) is 0. The lowest BCUT2D eigenvalue weighted by Gasteiger charge is -1.78. The van der Waals surface area contributed by atoms with Crippen LogP contribution in [-0.2, 0) is 0 Å². The molecule has 0 atom stereocenters. The van der Waals surface area contributed by atoms with Crippen molar-refractivity contribution in [1.82, 2.24) is 5.16 Å². The number of aromatic nitrogens is 1. The molecule has 0 aliphatic rings. The Balaban J connectivity index is 0.000000281. The molecule has 4 nitrogen and oxygen atoms in total. The summed E-state index contributed by atoms with van der Waals surface area (Å²) in [4.78, 5) is 0. The van der Waals surface area contributed by atoms with Gasteiger partial charge in [-0.1, -0.05) is 17.3 Å². The number of hydrogen-bond acceptors (Lipinski definition) is 4. The molecule has 1 heterocycles. The van der Waals surface area contributed by atoms with Crippen molar-refractivity contribution in [2.75, 3.05) is 0 Å². The molecular formula is C7H5N3O. The molecular weight excluding hydrogens is 142 g/mol. The van der Waals surface area contributed by atoms with Gasteiger partial charge in [0.25, 0.3) is 0 Å². The van der Waals surface area contributed by atoms with E-state index in [1.807, 2.05) is 24.3 Å². The predicted molar refractivity (Wildman–Crippen MR) is 37.5 cm³/mol. The first-order valence-corrected chi connectivity index (χ1v) is 2.96. The van der Waals surface area contributed by atoms with Gasteiger partial charge in [-0.05, 0) is 12.1 Å². The minimum Gasteiger partial charge on any atom is -0.356 e. The molecule has 0 amide bonds. The van der Waals surface area contributed by atoms with Gasteiger partial charge in [-0.2, -0.15) is 0 Å². The highest BCUT2D eigenvalue weighted by Crippen LogP contribution is 2.10. The van der Waals surface area contributed by atoms with Crippen molar-refractivity contribution in [3.63, 3.8) is 0 Å². The Labute approximate surface area is 62.8 Å². The van der Waals surface area contributed by atoms with Crippen LogP contribution in [-0.4, -0.2) is 5.16 Å². The molecule has 0 spiro atoms. The first-order valence-electron chi connectivity index (χ1n) is 2.96. The molecule has 2 rings (SSSR count). The van der Waals surface area contributed by atoms with E-state index in [0.717, 1.165) is 11.0 Å². The molecule has 2 aromatic rings. The second kappa shape index (κ2) is 3.32. The second-order valence-electron chi connectivity index (χ2n) is 1.86. The maximum Gasteiger partial charge on any atom is 0.166 e. The normalized spacial score (nSPS) is 8.55. The van der Waals surface area contributed by atoms with Gasteiger partial charge in [0.2, 0.25) is 0 Å². The summed E-state index contributed by atoms with van der Waals surface area (Å²) >= 11 is 0. The summed E-state index contributed by atoms with van der Waals surface area (Å²) in [5.74, 6) is 0. The van der Waals surface area contributed by atoms with E-state index in [1.54, 1.807) is 6.20 Å². The zero-order valence-electron chi connectivity index (χ0n) is 5.64. The molecule has 1 aromatic carbocycles. The van der Waals surface area contributed by atoms with Crippen LogP contribution in [0.2, 0.25) is 0 Å². The molecule has 0 saturated carbocycles. The van der Waals surface area contributed by atoms with Crippen molar-refractivity contribution in [2.45, 2.75) is 0 Å². The predicted octanol–water partition coefficient (Wildman–Crippen LogP) is 1.86. The molecule has 54 valence electrons. The van der Waals surface area contributed by atoms with Crippen LogP contribution in [0.4, 0.5) is 0 Å². The van der Waals surface area contributed by atoms with E-state index >= 15 is 0 Å². The monoisotopic (exact) mass is 147 g/mol. The lowest BCUT2D eigenvalue weighted by Crippen LogP contribution is -1.57. The minimum absolute atomic E-state index is 0.845. The maximum absolute atomic E-state index is 6.00. The number of benzene rings is 1. The van der Waals surface area contributed by atoms with Crippen LogP contribution in [0, 0.1) is 10.8 Å². The van der Waals surface area contributed by atoms with Gasteiger partial charge in [0, 0.05) is 16.2 Å². The summed E-state index contributed by atoms with van der Waals surface area (Å²) in [6.45, 7) is 0.